The molecule has 33 heavy (non-hydrogen) atoms. The second kappa shape index (κ2) is 12.8. The number of carbonyl (C=O) groups is 3. The van der Waals surface area contributed by atoms with Gasteiger partial charge in [-0.1, -0.05) is 12.1 Å². The maximum atomic E-state index is 13.0. The Bertz CT molecular complexity index is 944. The summed E-state index contributed by atoms with van der Waals surface area (Å²) >= 11 is 0. The molecule has 1 N–H and O–H groups in total. The number of hydrogen-bond donors (Lipinski definition) is 1. The summed E-state index contributed by atoms with van der Waals surface area (Å²) in [4.78, 5) is 45.2. The number of amides is 1. The van der Waals surface area contributed by atoms with E-state index in [-0.39, 0.29) is 55.1 Å². The predicted octanol–water partition coefficient (Wildman–Crippen LogP) is 2.29. The van der Waals surface area contributed by atoms with Crippen LogP contribution in [0.4, 0.5) is 0 Å². The van der Waals surface area contributed by atoms with Crippen molar-refractivity contribution in [2.45, 2.75) is 32.7 Å². The first-order valence-electron chi connectivity index (χ1n) is 10.3. The van der Waals surface area contributed by atoms with Crippen LogP contribution in [0.15, 0.2) is 30.3 Å². The summed E-state index contributed by atoms with van der Waals surface area (Å²) < 4.78 is 25.8. The zero-order chi connectivity index (χ0) is 24.2. The third-order valence-electron chi connectivity index (χ3n) is 4.23. The molecule has 1 aromatic carbocycles. The second-order valence-electron chi connectivity index (χ2n) is 6.46. The van der Waals surface area contributed by atoms with Gasteiger partial charge in [0.15, 0.2) is 0 Å². The van der Waals surface area contributed by atoms with E-state index in [0.717, 1.165) is 0 Å². The number of nitrogens with zero attached hydrogens (tertiary/aromatic N) is 2. The first-order chi connectivity index (χ1) is 15.9. The van der Waals surface area contributed by atoms with Crippen LogP contribution in [0.5, 0.6) is 23.5 Å². The van der Waals surface area contributed by atoms with Crippen molar-refractivity contribution < 1.29 is 38.1 Å². The van der Waals surface area contributed by atoms with Crippen LogP contribution in [-0.2, 0) is 19.1 Å². The highest BCUT2D eigenvalue weighted by Crippen LogP contribution is 2.26. The van der Waals surface area contributed by atoms with E-state index in [9.17, 15) is 14.4 Å². The molecule has 178 valence electrons. The molecule has 1 unspecified atom stereocenters. The van der Waals surface area contributed by atoms with E-state index in [1.54, 1.807) is 32.0 Å². The molecule has 2 rings (SSSR count). The standard InChI is InChI=1S/C22H27N3O8/c1-5-31-19(26)12-11-15(21(28)32-6-2)23-20(27)14-9-7-8-10-16(14)33-22-24-17(29-3)13-18(25-22)30-4/h7-10,13,15H,5-6,11-12H2,1-4H3,(H,23,27). The van der Waals surface area contributed by atoms with Crippen molar-refractivity contribution in [2.75, 3.05) is 27.4 Å². The van der Waals surface area contributed by atoms with Crippen LogP contribution in [0.25, 0.3) is 0 Å². The molecule has 0 aliphatic carbocycles. The Morgan fingerprint density at radius 1 is 0.970 bits per heavy atom. The van der Waals surface area contributed by atoms with E-state index in [1.165, 1.54) is 26.4 Å². The van der Waals surface area contributed by atoms with Gasteiger partial charge >= 0.3 is 17.9 Å². The average molecular weight is 461 g/mol. The Kier molecular flexibility index (Phi) is 9.87. The molecule has 0 bridgehead atoms. The number of rotatable bonds is 12. The molecule has 0 radical (unpaired) electrons. The Labute approximate surface area is 191 Å². The number of benzene rings is 1. The van der Waals surface area contributed by atoms with Crippen molar-refractivity contribution in [3.05, 3.63) is 35.9 Å². The summed E-state index contributed by atoms with van der Waals surface area (Å²) in [7, 11) is 2.86. The number of ether oxygens (including phenoxy) is 5. The van der Waals surface area contributed by atoms with E-state index >= 15 is 0 Å². The minimum Gasteiger partial charge on any atom is -0.481 e. The van der Waals surface area contributed by atoms with Gasteiger partial charge in [0.1, 0.15) is 11.8 Å². The van der Waals surface area contributed by atoms with Gasteiger partial charge in [-0.2, -0.15) is 9.97 Å². The molecule has 2 aromatic rings. The number of nitrogens with one attached hydrogen (secondary N) is 1. The first kappa shape index (κ1) is 25.4. The van der Waals surface area contributed by atoms with Gasteiger partial charge in [-0.25, -0.2) is 4.79 Å². The van der Waals surface area contributed by atoms with Gasteiger partial charge in [-0.3, -0.25) is 9.59 Å². The van der Waals surface area contributed by atoms with Gasteiger partial charge in [0.2, 0.25) is 11.8 Å². The average Bonchev–Trinajstić information content (AvgIpc) is 2.81. The molecule has 1 atom stereocenters. The van der Waals surface area contributed by atoms with E-state index in [4.69, 9.17) is 23.7 Å². The topological polar surface area (TPSA) is 135 Å². The molecular formula is C22H27N3O8. The van der Waals surface area contributed by atoms with Gasteiger partial charge in [0.05, 0.1) is 39.1 Å². The largest absolute Gasteiger partial charge is 0.481 e. The minimum absolute atomic E-state index is 0.0165. The van der Waals surface area contributed by atoms with Gasteiger partial charge < -0.3 is 29.0 Å². The molecule has 1 heterocycles. The molecule has 11 nitrogen and oxygen atoms in total. The van der Waals surface area contributed by atoms with Crippen molar-refractivity contribution in [2.24, 2.45) is 0 Å². The SMILES string of the molecule is CCOC(=O)CCC(NC(=O)c1ccccc1Oc1nc(OC)cc(OC)n1)C(=O)OCC. The van der Waals surface area contributed by atoms with Crippen LogP contribution in [0.1, 0.15) is 37.0 Å². The lowest BCUT2D eigenvalue weighted by Crippen LogP contribution is -2.42. The number of aromatic nitrogens is 2. The Morgan fingerprint density at radius 2 is 1.61 bits per heavy atom. The van der Waals surface area contributed by atoms with E-state index in [1.807, 2.05) is 0 Å². The summed E-state index contributed by atoms with van der Waals surface area (Å²) in [6.07, 6.45) is -0.0458. The van der Waals surface area contributed by atoms with Gasteiger partial charge in [0, 0.05) is 6.42 Å². The van der Waals surface area contributed by atoms with Crippen LogP contribution in [0, 0.1) is 0 Å². The van der Waals surface area contributed by atoms with Gasteiger partial charge in [0.25, 0.3) is 5.91 Å². The molecule has 0 saturated heterocycles. The highest BCUT2D eigenvalue weighted by atomic mass is 16.5. The molecule has 0 aliphatic rings. The van der Waals surface area contributed by atoms with Crippen molar-refractivity contribution in [1.29, 1.82) is 0 Å². The normalized spacial score (nSPS) is 11.2. The summed E-state index contributed by atoms with van der Waals surface area (Å²) in [5.41, 5.74) is 0.119. The highest BCUT2D eigenvalue weighted by molar-refractivity contribution is 5.99. The van der Waals surface area contributed by atoms with Crippen molar-refractivity contribution in [3.8, 4) is 23.5 Å². The molecule has 1 aromatic heterocycles. The van der Waals surface area contributed by atoms with Crippen molar-refractivity contribution in [3.63, 3.8) is 0 Å². The fraction of sp³-hybridized carbons (Fsp3) is 0.409. The van der Waals surface area contributed by atoms with Gasteiger partial charge in [-0.05, 0) is 32.4 Å². The Hall–Kier alpha value is -3.89. The highest BCUT2D eigenvalue weighted by Gasteiger charge is 2.25. The Balaban J connectivity index is 2.22. The summed E-state index contributed by atoms with van der Waals surface area (Å²) in [5, 5.41) is 2.60. The fourth-order valence-corrected chi connectivity index (χ4v) is 2.70. The number of para-hydroxylation sites is 1. The molecule has 0 fully saturated rings. The molecule has 0 spiro atoms. The molecule has 0 saturated carbocycles. The maximum absolute atomic E-state index is 13.0. The van der Waals surface area contributed by atoms with E-state index in [0.29, 0.717) is 0 Å². The van der Waals surface area contributed by atoms with E-state index < -0.39 is 23.9 Å². The minimum atomic E-state index is -1.05. The Morgan fingerprint density at radius 3 is 2.21 bits per heavy atom. The lowest BCUT2D eigenvalue weighted by molar-refractivity contribution is -0.146. The maximum Gasteiger partial charge on any atom is 0.328 e. The van der Waals surface area contributed by atoms with Crippen LogP contribution < -0.4 is 19.5 Å². The zero-order valence-corrected chi connectivity index (χ0v) is 19.0. The summed E-state index contributed by atoms with van der Waals surface area (Å²) in [6, 6.07) is 6.66. The van der Waals surface area contributed by atoms with Crippen molar-refractivity contribution in [1.82, 2.24) is 15.3 Å². The number of methoxy groups -OCH3 is 2. The smallest absolute Gasteiger partial charge is 0.328 e. The predicted molar refractivity (Wildman–Crippen MR) is 115 cm³/mol. The number of carbonyl (C=O) groups excluding carboxylic acids is 3. The first-order valence-corrected chi connectivity index (χ1v) is 10.3. The summed E-state index contributed by atoms with van der Waals surface area (Å²) in [6.45, 7) is 3.67. The second-order valence-corrected chi connectivity index (χ2v) is 6.46. The molecule has 0 aliphatic heterocycles. The van der Waals surface area contributed by atoms with Crippen LogP contribution in [0.2, 0.25) is 0 Å². The zero-order valence-electron chi connectivity index (χ0n) is 19.0. The lowest BCUT2D eigenvalue weighted by atomic mass is 10.1. The summed E-state index contributed by atoms with van der Waals surface area (Å²) in [5.74, 6) is -1.19. The quantitative estimate of drug-likeness (QED) is 0.469. The lowest BCUT2D eigenvalue weighted by Gasteiger charge is -2.18. The number of hydrogen-bond acceptors (Lipinski definition) is 10. The van der Waals surface area contributed by atoms with Crippen molar-refractivity contribution >= 4 is 17.8 Å². The van der Waals surface area contributed by atoms with Crippen LogP contribution in [-0.4, -0.2) is 61.3 Å². The van der Waals surface area contributed by atoms with Crippen LogP contribution >= 0.6 is 0 Å². The molecule has 11 heteroatoms. The monoisotopic (exact) mass is 461 g/mol. The molecule has 1 amide bonds. The molecular weight excluding hydrogens is 434 g/mol. The van der Waals surface area contributed by atoms with Gasteiger partial charge in [-0.15, -0.1) is 0 Å². The fourth-order valence-electron chi connectivity index (χ4n) is 2.70. The van der Waals surface area contributed by atoms with E-state index in [2.05, 4.69) is 15.3 Å². The number of esters is 2. The third-order valence-corrected chi connectivity index (χ3v) is 4.23. The third kappa shape index (κ3) is 7.63. The van der Waals surface area contributed by atoms with Crippen LogP contribution in [0.3, 0.4) is 0 Å².